The summed E-state index contributed by atoms with van der Waals surface area (Å²) in [7, 11) is 1.71. The van der Waals surface area contributed by atoms with Gasteiger partial charge < -0.3 is 10.5 Å². The lowest BCUT2D eigenvalue weighted by Gasteiger charge is -2.19. The number of hydrogen-bond acceptors (Lipinski definition) is 2. The van der Waals surface area contributed by atoms with Crippen LogP contribution in [0.25, 0.3) is 0 Å². The summed E-state index contributed by atoms with van der Waals surface area (Å²) >= 11 is 0. The Hall–Kier alpha value is -0.520. The van der Waals surface area contributed by atoms with Gasteiger partial charge in [-0.25, -0.2) is 0 Å². The Kier molecular flexibility index (Phi) is 2.92. The number of ether oxygens (including phenoxy) is 1. The second-order valence-electron chi connectivity index (χ2n) is 3.11. The first-order valence-corrected chi connectivity index (χ1v) is 4.01. The van der Waals surface area contributed by atoms with Gasteiger partial charge in [-0.15, -0.1) is 12.3 Å². The molecule has 0 amide bonds. The van der Waals surface area contributed by atoms with E-state index in [4.69, 9.17) is 16.9 Å². The highest BCUT2D eigenvalue weighted by Gasteiger charge is 2.34. The normalized spacial score (nSPS) is 22.3. The van der Waals surface area contributed by atoms with Crippen molar-refractivity contribution in [1.29, 1.82) is 0 Å². The number of methoxy groups -OCH3 is 1. The zero-order chi connectivity index (χ0) is 8.27. The molecule has 0 radical (unpaired) electrons. The summed E-state index contributed by atoms with van der Waals surface area (Å²) in [5.74, 6) is 3.23. The lowest BCUT2D eigenvalue weighted by Crippen LogP contribution is -2.37. The van der Waals surface area contributed by atoms with Gasteiger partial charge in [-0.05, 0) is 18.8 Å². The van der Waals surface area contributed by atoms with Crippen molar-refractivity contribution in [1.82, 2.24) is 0 Å². The maximum absolute atomic E-state index is 5.81. The van der Waals surface area contributed by atoms with Gasteiger partial charge in [0, 0.05) is 19.6 Å². The molecule has 0 bridgehead atoms. The van der Waals surface area contributed by atoms with Crippen molar-refractivity contribution in [3.8, 4) is 12.3 Å². The molecule has 2 atom stereocenters. The molecule has 1 fully saturated rings. The van der Waals surface area contributed by atoms with Crippen LogP contribution in [0.4, 0.5) is 0 Å². The monoisotopic (exact) mass is 153 g/mol. The van der Waals surface area contributed by atoms with Gasteiger partial charge in [0.25, 0.3) is 0 Å². The molecular weight excluding hydrogens is 138 g/mol. The molecular formula is C9H15NO. The third kappa shape index (κ3) is 2.21. The number of hydrogen-bond donors (Lipinski definition) is 1. The summed E-state index contributed by atoms with van der Waals surface area (Å²) in [6.07, 6.45) is 8.46. The number of rotatable bonds is 4. The molecule has 1 aliphatic carbocycles. The van der Waals surface area contributed by atoms with Gasteiger partial charge in [0.15, 0.2) is 0 Å². The van der Waals surface area contributed by atoms with Gasteiger partial charge in [-0.3, -0.25) is 0 Å². The van der Waals surface area contributed by atoms with Gasteiger partial charge in [-0.1, -0.05) is 0 Å². The molecule has 1 rings (SSSR count). The highest BCUT2D eigenvalue weighted by Crippen LogP contribution is 2.35. The first-order valence-electron chi connectivity index (χ1n) is 4.01. The highest BCUT2D eigenvalue weighted by molar-refractivity contribution is 4.96. The molecule has 1 aliphatic rings. The van der Waals surface area contributed by atoms with E-state index in [1.54, 1.807) is 7.11 Å². The molecule has 0 aromatic carbocycles. The highest BCUT2D eigenvalue weighted by atomic mass is 16.5. The summed E-state index contributed by atoms with van der Waals surface area (Å²) in [5, 5.41) is 0. The molecule has 0 aliphatic heterocycles. The van der Waals surface area contributed by atoms with Crippen LogP contribution in [0, 0.1) is 18.3 Å². The predicted octanol–water partition coefficient (Wildman–Crippen LogP) is 0.762. The van der Waals surface area contributed by atoms with Crippen LogP contribution in [-0.4, -0.2) is 19.3 Å². The summed E-state index contributed by atoms with van der Waals surface area (Å²) in [5.41, 5.74) is 5.81. The molecule has 2 N–H and O–H groups in total. The fraction of sp³-hybridized carbons (Fsp3) is 0.778. The van der Waals surface area contributed by atoms with Crippen molar-refractivity contribution in [2.45, 2.75) is 31.4 Å². The van der Waals surface area contributed by atoms with E-state index in [-0.39, 0.29) is 12.1 Å². The third-order valence-electron chi connectivity index (χ3n) is 2.13. The Labute approximate surface area is 68.1 Å². The number of terminal acetylenes is 1. The lowest BCUT2D eigenvalue weighted by molar-refractivity contribution is 0.0639. The molecule has 0 saturated heterocycles. The van der Waals surface area contributed by atoms with E-state index in [0.29, 0.717) is 12.3 Å². The zero-order valence-corrected chi connectivity index (χ0v) is 6.92. The predicted molar refractivity (Wildman–Crippen MR) is 44.9 cm³/mol. The van der Waals surface area contributed by atoms with Crippen LogP contribution in [0.5, 0.6) is 0 Å². The quantitative estimate of drug-likeness (QED) is 0.605. The molecule has 0 aromatic rings. The van der Waals surface area contributed by atoms with E-state index in [9.17, 15) is 0 Å². The minimum absolute atomic E-state index is 0.0255. The molecule has 11 heavy (non-hydrogen) atoms. The van der Waals surface area contributed by atoms with Gasteiger partial charge >= 0.3 is 0 Å². The smallest absolute Gasteiger partial charge is 0.0759 e. The molecule has 2 nitrogen and oxygen atoms in total. The van der Waals surface area contributed by atoms with E-state index in [2.05, 4.69) is 5.92 Å². The first kappa shape index (κ1) is 8.58. The zero-order valence-electron chi connectivity index (χ0n) is 6.92. The fourth-order valence-corrected chi connectivity index (χ4v) is 1.39. The van der Waals surface area contributed by atoms with E-state index in [1.165, 1.54) is 12.8 Å². The maximum atomic E-state index is 5.81. The van der Waals surface area contributed by atoms with Crippen molar-refractivity contribution in [2.24, 2.45) is 11.7 Å². The largest absolute Gasteiger partial charge is 0.380 e. The topological polar surface area (TPSA) is 35.2 Å². The summed E-state index contributed by atoms with van der Waals surface area (Å²) in [4.78, 5) is 0. The standard InChI is InChI=1S/C9H15NO/c1-3-4-8(10)9(11-2)7-5-6-7/h1,7-9H,4-6,10H2,2H3. The minimum atomic E-state index is 0.0255. The van der Waals surface area contributed by atoms with E-state index in [1.807, 2.05) is 0 Å². The van der Waals surface area contributed by atoms with E-state index in [0.717, 1.165) is 0 Å². The molecule has 62 valence electrons. The van der Waals surface area contributed by atoms with Gasteiger partial charge in [0.2, 0.25) is 0 Å². The Balaban J connectivity index is 2.34. The Morgan fingerprint density at radius 2 is 2.36 bits per heavy atom. The summed E-state index contributed by atoms with van der Waals surface area (Å²) in [6, 6.07) is 0.0255. The molecule has 0 spiro atoms. The van der Waals surface area contributed by atoms with Crippen LogP contribution in [-0.2, 0) is 4.74 Å². The first-order chi connectivity index (χ1) is 5.29. The van der Waals surface area contributed by atoms with Gasteiger partial charge in [0.1, 0.15) is 0 Å². The lowest BCUT2D eigenvalue weighted by atomic mass is 10.0. The molecule has 2 unspecified atom stereocenters. The van der Waals surface area contributed by atoms with E-state index >= 15 is 0 Å². The average Bonchev–Trinajstić information content (AvgIpc) is 2.73. The van der Waals surface area contributed by atoms with Crippen molar-refractivity contribution in [2.75, 3.05) is 7.11 Å². The molecule has 0 heterocycles. The maximum Gasteiger partial charge on any atom is 0.0759 e. The van der Waals surface area contributed by atoms with E-state index < -0.39 is 0 Å². The second kappa shape index (κ2) is 3.75. The average molecular weight is 153 g/mol. The van der Waals surface area contributed by atoms with Crippen LogP contribution in [0.1, 0.15) is 19.3 Å². The Bertz CT molecular complexity index is 157. The van der Waals surface area contributed by atoms with Crippen molar-refractivity contribution in [3.63, 3.8) is 0 Å². The third-order valence-corrected chi connectivity index (χ3v) is 2.13. The van der Waals surface area contributed by atoms with Crippen LogP contribution >= 0.6 is 0 Å². The molecule has 2 heteroatoms. The van der Waals surface area contributed by atoms with Crippen LogP contribution in [0.15, 0.2) is 0 Å². The summed E-state index contributed by atoms with van der Waals surface area (Å²) in [6.45, 7) is 0. The second-order valence-corrected chi connectivity index (χ2v) is 3.11. The van der Waals surface area contributed by atoms with Crippen molar-refractivity contribution < 1.29 is 4.74 Å². The van der Waals surface area contributed by atoms with Crippen molar-refractivity contribution in [3.05, 3.63) is 0 Å². The van der Waals surface area contributed by atoms with Gasteiger partial charge in [-0.2, -0.15) is 0 Å². The number of nitrogens with two attached hydrogens (primary N) is 1. The van der Waals surface area contributed by atoms with Crippen LogP contribution < -0.4 is 5.73 Å². The SMILES string of the molecule is C#CCC(N)C(OC)C1CC1. The van der Waals surface area contributed by atoms with Crippen LogP contribution in [0.3, 0.4) is 0 Å². The Morgan fingerprint density at radius 1 is 1.73 bits per heavy atom. The van der Waals surface area contributed by atoms with Crippen molar-refractivity contribution >= 4 is 0 Å². The Morgan fingerprint density at radius 3 is 2.73 bits per heavy atom. The van der Waals surface area contributed by atoms with Crippen LogP contribution in [0.2, 0.25) is 0 Å². The molecule has 1 saturated carbocycles. The fourth-order valence-electron chi connectivity index (χ4n) is 1.39. The minimum Gasteiger partial charge on any atom is -0.380 e. The molecule has 0 aromatic heterocycles. The van der Waals surface area contributed by atoms with Gasteiger partial charge in [0.05, 0.1) is 6.10 Å². The summed E-state index contributed by atoms with van der Waals surface area (Å²) < 4.78 is 5.27.